The molecular formula is C21H26N4O. The number of hydrogen-bond acceptors (Lipinski definition) is 4. The summed E-state index contributed by atoms with van der Waals surface area (Å²) in [6.45, 7) is 6.01. The van der Waals surface area contributed by atoms with E-state index < -0.39 is 0 Å². The van der Waals surface area contributed by atoms with Crippen LogP contribution < -0.4 is 0 Å². The molecule has 1 fully saturated rings. The van der Waals surface area contributed by atoms with Crippen molar-refractivity contribution >= 4 is 5.52 Å². The van der Waals surface area contributed by atoms with Gasteiger partial charge in [0.15, 0.2) is 0 Å². The van der Waals surface area contributed by atoms with E-state index in [1.165, 1.54) is 16.6 Å². The van der Waals surface area contributed by atoms with E-state index in [-0.39, 0.29) is 0 Å². The van der Waals surface area contributed by atoms with Crippen molar-refractivity contribution in [3.63, 3.8) is 0 Å². The average molecular weight is 350 g/mol. The Morgan fingerprint density at radius 2 is 2.08 bits per heavy atom. The van der Waals surface area contributed by atoms with Gasteiger partial charge in [0.05, 0.1) is 11.7 Å². The summed E-state index contributed by atoms with van der Waals surface area (Å²) in [5, 5.41) is 4.51. The maximum atomic E-state index is 5.55. The van der Waals surface area contributed by atoms with Gasteiger partial charge in [0.25, 0.3) is 0 Å². The fourth-order valence-electron chi connectivity index (χ4n) is 3.78. The van der Waals surface area contributed by atoms with Crippen LogP contribution >= 0.6 is 0 Å². The first kappa shape index (κ1) is 17.2. The summed E-state index contributed by atoms with van der Waals surface area (Å²) in [5.41, 5.74) is 3.72. The molecule has 1 aliphatic heterocycles. The van der Waals surface area contributed by atoms with Gasteiger partial charge < -0.3 is 4.74 Å². The van der Waals surface area contributed by atoms with Crippen LogP contribution in [-0.2, 0) is 11.3 Å². The summed E-state index contributed by atoms with van der Waals surface area (Å²) in [6, 6.07) is 10.7. The van der Waals surface area contributed by atoms with Gasteiger partial charge in [-0.05, 0) is 49.4 Å². The van der Waals surface area contributed by atoms with Crippen LogP contribution in [0.2, 0.25) is 0 Å². The van der Waals surface area contributed by atoms with Gasteiger partial charge >= 0.3 is 0 Å². The van der Waals surface area contributed by atoms with Gasteiger partial charge in [-0.15, -0.1) is 0 Å². The molecule has 4 rings (SSSR count). The predicted molar refractivity (Wildman–Crippen MR) is 102 cm³/mol. The summed E-state index contributed by atoms with van der Waals surface area (Å²) in [5.74, 6) is 0.685. The summed E-state index contributed by atoms with van der Waals surface area (Å²) in [7, 11) is 0. The van der Waals surface area contributed by atoms with Crippen LogP contribution in [0.25, 0.3) is 5.52 Å². The SMILES string of the molecule is C[C@@H](c1cccnc1)N(Cc1cnn2ccccc12)CC1CCOCC1. The fourth-order valence-corrected chi connectivity index (χ4v) is 3.78. The number of pyridine rings is 2. The Morgan fingerprint density at radius 3 is 2.88 bits per heavy atom. The fraction of sp³-hybridized carbons (Fsp3) is 0.429. The highest BCUT2D eigenvalue weighted by Gasteiger charge is 2.23. The van der Waals surface area contributed by atoms with Crippen molar-refractivity contribution in [2.24, 2.45) is 5.92 Å². The van der Waals surface area contributed by atoms with Crippen LogP contribution in [0.5, 0.6) is 0 Å². The summed E-state index contributed by atoms with van der Waals surface area (Å²) in [6.07, 6.45) is 10.1. The molecule has 26 heavy (non-hydrogen) atoms. The molecular weight excluding hydrogens is 324 g/mol. The molecule has 5 nitrogen and oxygen atoms in total. The molecule has 0 amide bonds. The second-order valence-electron chi connectivity index (χ2n) is 7.15. The van der Waals surface area contributed by atoms with E-state index in [1.807, 2.05) is 41.4 Å². The van der Waals surface area contributed by atoms with Crippen molar-refractivity contribution in [2.75, 3.05) is 19.8 Å². The van der Waals surface area contributed by atoms with Crippen molar-refractivity contribution in [2.45, 2.75) is 32.4 Å². The van der Waals surface area contributed by atoms with Gasteiger partial charge in [0.2, 0.25) is 0 Å². The number of ether oxygens (including phenoxy) is 1. The molecule has 3 aromatic heterocycles. The first-order chi connectivity index (χ1) is 12.8. The Labute approximate surface area is 154 Å². The lowest BCUT2D eigenvalue weighted by atomic mass is 9.97. The molecule has 3 aromatic rings. The number of nitrogens with zero attached hydrogens (tertiary/aromatic N) is 4. The maximum absolute atomic E-state index is 5.55. The van der Waals surface area contributed by atoms with Gasteiger partial charge in [-0.25, -0.2) is 4.52 Å². The first-order valence-corrected chi connectivity index (χ1v) is 9.44. The molecule has 1 aliphatic rings. The molecule has 4 heterocycles. The highest BCUT2D eigenvalue weighted by atomic mass is 16.5. The Hall–Kier alpha value is -2.24. The number of fused-ring (bicyclic) bond motifs is 1. The van der Waals surface area contributed by atoms with Crippen LogP contribution in [0.3, 0.4) is 0 Å². The second-order valence-corrected chi connectivity index (χ2v) is 7.15. The Morgan fingerprint density at radius 1 is 1.19 bits per heavy atom. The smallest absolute Gasteiger partial charge is 0.0706 e. The van der Waals surface area contributed by atoms with Crippen molar-refractivity contribution in [1.82, 2.24) is 19.5 Å². The van der Waals surface area contributed by atoms with Crippen molar-refractivity contribution in [1.29, 1.82) is 0 Å². The minimum atomic E-state index is 0.310. The van der Waals surface area contributed by atoms with Gasteiger partial charge in [-0.2, -0.15) is 5.10 Å². The Balaban J connectivity index is 1.59. The minimum Gasteiger partial charge on any atom is -0.381 e. The number of rotatable bonds is 6. The van der Waals surface area contributed by atoms with Crippen molar-refractivity contribution in [3.05, 3.63) is 66.2 Å². The van der Waals surface area contributed by atoms with E-state index in [2.05, 4.69) is 40.1 Å². The van der Waals surface area contributed by atoms with Gasteiger partial charge in [-0.1, -0.05) is 12.1 Å². The molecule has 1 atom stereocenters. The third-order valence-electron chi connectivity index (χ3n) is 5.43. The maximum Gasteiger partial charge on any atom is 0.0706 e. The number of hydrogen-bond donors (Lipinski definition) is 0. The van der Waals surface area contributed by atoms with E-state index in [0.717, 1.165) is 39.1 Å². The van der Waals surface area contributed by atoms with Crippen LogP contribution in [0.4, 0.5) is 0 Å². The quantitative estimate of drug-likeness (QED) is 0.679. The average Bonchev–Trinajstić information content (AvgIpc) is 3.11. The van der Waals surface area contributed by atoms with Gasteiger partial charge in [-0.3, -0.25) is 9.88 Å². The first-order valence-electron chi connectivity index (χ1n) is 9.44. The van der Waals surface area contributed by atoms with Crippen LogP contribution in [0, 0.1) is 5.92 Å². The van der Waals surface area contributed by atoms with Gasteiger partial charge in [0, 0.05) is 56.5 Å². The third-order valence-corrected chi connectivity index (χ3v) is 5.43. The van der Waals surface area contributed by atoms with Crippen molar-refractivity contribution < 1.29 is 4.74 Å². The highest BCUT2D eigenvalue weighted by Crippen LogP contribution is 2.27. The molecule has 0 bridgehead atoms. The summed E-state index contributed by atoms with van der Waals surface area (Å²) < 4.78 is 7.50. The zero-order valence-corrected chi connectivity index (χ0v) is 15.3. The standard InChI is InChI=1S/C21H26N4O/c1-17(19-5-4-9-22-13-19)24(15-18-7-11-26-12-8-18)16-20-14-23-25-10-3-2-6-21(20)25/h2-6,9-10,13-14,17-18H,7-8,11-12,15-16H2,1H3/t17-/m0/s1. The molecule has 0 unspecified atom stereocenters. The van der Waals surface area contributed by atoms with E-state index in [0.29, 0.717) is 12.0 Å². The molecule has 0 saturated carbocycles. The second kappa shape index (κ2) is 7.98. The molecule has 0 aromatic carbocycles. The molecule has 136 valence electrons. The lowest BCUT2D eigenvalue weighted by molar-refractivity contribution is 0.0447. The minimum absolute atomic E-state index is 0.310. The lowest BCUT2D eigenvalue weighted by Gasteiger charge is -2.34. The van der Waals surface area contributed by atoms with E-state index in [4.69, 9.17) is 4.74 Å². The topological polar surface area (TPSA) is 42.7 Å². The predicted octanol–water partition coefficient (Wildman–Crippen LogP) is 3.72. The largest absolute Gasteiger partial charge is 0.381 e. The van der Waals surface area contributed by atoms with Crippen LogP contribution in [0.1, 0.15) is 36.9 Å². The van der Waals surface area contributed by atoms with Crippen LogP contribution in [0.15, 0.2) is 55.1 Å². The summed E-state index contributed by atoms with van der Waals surface area (Å²) in [4.78, 5) is 6.89. The number of aromatic nitrogens is 3. The molecule has 1 saturated heterocycles. The summed E-state index contributed by atoms with van der Waals surface area (Å²) >= 11 is 0. The van der Waals surface area contributed by atoms with Crippen molar-refractivity contribution in [3.8, 4) is 0 Å². The molecule has 5 heteroatoms. The van der Waals surface area contributed by atoms with E-state index >= 15 is 0 Å². The van der Waals surface area contributed by atoms with Crippen LogP contribution in [-0.4, -0.2) is 39.3 Å². The van der Waals surface area contributed by atoms with E-state index in [1.54, 1.807) is 0 Å². The molecule has 0 N–H and O–H groups in total. The zero-order chi connectivity index (χ0) is 17.8. The monoisotopic (exact) mass is 350 g/mol. The molecule has 0 aliphatic carbocycles. The van der Waals surface area contributed by atoms with E-state index in [9.17, 15) is 0 Å². The zero-order valence-electron chi connectivity index (χ0n) is 15.3. The third kappa shape index (κ3) is 3.79. The highest BCUT2D eigenvalue weighted by molar-refractivity contribution is 5.53. The Bertz CT molecular complexity index is 826. The van der Waals surface area contributed by atoms with Gasteiger partial charge in [0.1, 0.15) is 0 Å². The lowest BCUT2D eigenvalue weighted by Crippen LogP contribution is -2.34. The molecule has 0 radical (unpaired) electrons. The Kier molecular flexibility index (Phi) is 5.27. The normalized spacial score (nSPS) is 17.0. The molecule has 0 spiro atoms.